The predicted molar refractivity (Wildman–Crippen MR) is 84.7 cm³/mol. The van der Waals surface area contributed by atoms with Gasteiger partial charge in [0, 0.05) is 19.8 Å². The second-order valence-electron chi connectivity index (χ2n) is 4.92. The molecule has 1 aromatic rings. The normalized spacial score (nSPS) is 10.4. The van der Waals surface area contributed by atoms with Gasteiger partial charge in [-0.1, -0.05) is 25.5 Å². The van der Waals surface area contributed by atoms with Crippen molar-refractivity contribution < 1.29 is 14.3 Å². The first-order valence-corrected chi connectivity index (χ1v) is 7.82. The SMILES string of the molecule is CCCCOCCCNC(=O)Cc1ccc(OCC)cc1. The lowest BCUT2D eigenvalue weighted by Crippen LogP contribution is -2.26. The number of hydrogen-bond acceptors (Lipinski definition) is 3. The van der Waals surface area contributed by atoms with Crippen LogP contribution in [0, 0.1) is 0 Å². The Morgan fingerprint density at radius 3 is 2.48 bits per heavy atom. The molecule has 0 bridgehead atoms. The largest absolute Gasteiger partial charge is 0.494 e. The summed E-state index contributed by atoms with van der Waals surface area (Å²) in [5.41, 5.74) is 0.996. The molecule has 1 rings (SSSR count). The van der Waals surface area contributed by atoms with Gasteiger partial charge < -0.3 is 14.8 Å². The van der Waals surface area contributed by atoms with E-state index in [4.69, 9.17) is 9.47 Å². The third-order valence-corrected chi connectivity index (χ3v) is 3.03. The maximum Gasteiger partial charge on any atom is 0.224 e. The topological polar surface area (TPSA) is 47.6 Å². The van der Waals surface area contributed by atoms with Gasteiger partial charge in [-0.15, -0.1) is 0 Å². The van der Waals surface area contributed by atoms with Crippen LogP contribution in [0.4, 0.5) is 0 Å². The van der Waals surface area contributed by atoms with E-state index in [0.29, 0.717) is 26.2 Å². The van der Waals surface area contributed by atoms with Crippen molar-refractivity contribution in [3.63, 3.8) is 0 Å². The first kappa shape index (κ1) is 17.5. The van der Waals surface area contributed by atoms with E-state index in [1.807, 2.05) is 31.2 Å². The molecule has 21 heavy (non-hydrogen) atoms. The molecule has 0 fully saturated rings. The van der Waals surface area contributed by atoms with Crippen molar-refractivity contribution in [1.29, 1.82) is 0 Å². The average Bonchev–Trinajstić information content (AvgIpc) is 2.49. The zero-order chi connectivity index (χ0) is 15.3. The lowest BCUT2D eigenvalue weighted by Gasteiger charge is -2.07. The fraction of sp³-hybridized carbons (Fsp3) is 0.588. The van der Waals surface area contributed by atoms with E-state index >= 15 is 0 Å². The number of unbranched alkanes of at least 4 members (excludes halogenated alkanes) is 1. The molecule has 0 aliphatic heterocycles. The molecule has 0 unspecified atom stereocenters. The van der Waals surface area contributed by atoms with Gasteiger partial charge >= 0.3 is 0 Å². The van der Waals surface area contributed by atoms with Crippen molar-refractivity contribution in [2.75, 3.05) is 26.4 Å². The minimum Gasteiger partial charge on any atom is -0.494 e. The molecule has 0 radical (unpaired) electrons. The molecule has 0 spiro atoms. The highest BCUT2D eigenvalue weighted by Gasteiger charge is 2.03. The number of nitrogens with one attached hydrogen (secondary N) is 1. The Bertz CT molecular complexity index is 390. The summed E-state index contributed by atoms with van der Waals surface area (Å²) < 4.78 is 10.8. The van der Waals surface area contributed by atoms with Gasteiger partial charge in [-0.25, -0.2) is 0 Å². The Labute approximate surface area is 127 Å². The summed E-state index contributed by atoms with van der Waals surface area (Å²) in [5, 5.41) is 2.91. The summed E-state index contributed by atoms with van der Waals surface area (Å²) in [6, 6.07) is 7.65. The minimum atomic E-state index is 0.0488. The molecule has 118 valence electrons. The van der Waals surface area contributed by atoms with Crippen LogP contribution in [-0.4, -0.2) is 32.3 Å². The second kappa shape index (κ2) is 11.1. The Kier molecular flexibility index (Phi) is 9.29. The van der Waals surface area contributed by atoms with Crippen LogP contribution in [0.1, 0.15) is 38.7 Å². The molecular formula is C17H27NO3. The standard InChI is InChI=1S/C17H27NO3/c1-3-5-12-20-13-6-11-18-17(19)14-15-7-9-16(10-8-15)21-4-2/h7-10H,3-6,11-14H2,1-2H3,(H,18,19). The summed E-state index contributed by atoms with van der Waals surface area (Å²) in [6.07, 6.45) is 3.52. The van der Waals surface area contributed by atoms with Crippen LogP contribution in [0.3, 0.4) is 0 Å². The van der Waals surface area contributed by atoms with E-state index in [9.17, 15) is 4.79 Å². The van der Waals surface area contributed by atoms with Crippen LogP contribution in [0.2, 0.25) is 0 Å². The van der Waals surface area contributed by atoms with Gasteiger partial charge in [-0.2, -0.15) is 0 Å². The lowest BCUT2D eigenvalue weighted by atomic mass is 10.1. The Morgan fingerprint density at radius 2 is 1.81 bits per heavy atom. The van der Waals surface area contributed by atoms with Gasteiger partial charge in [0.05, 0.1) is 13.0 Å². The highest BCUT2D eigenvalue weighted by Crippen LogP contribution is 2.12. The molecule has 1 aromatic carbocycles. The smallest absolute Gasteiger partial charge is 0.224 e. The van der Waals surface area contributed by atoms with E-state index < -0.39 is 0 Å². The van der Waals surface area contributed by atoms with Crippen molar-refractivity contribution in [1.82, 2.24) is 5.32 Å². The highest BCUT2D eigenvalue weighted by atomic mass is 16.5. The van der Waals surface area contributed by atoms with E-state index in [2.05, 4.69) is 12.2 Å². The first-order chi connectivity index (χ1) is 10.3. The molecule has 1 amide bonds. The number of hydrogen-bond donors (Lipinski definition) is 1. The zero-order valence-electron chi connectivity index (χ0n) is 13.2. The Morgan fingerprint density at radius 1 is 1.10 bits per heavy atom. The van der Waals surface area contributed by atoms with Gasteiger partial charge in [0.25, 0.3) is 0 Å². The van der Waals surface area contributed by atoms with Gasteiger partial charge in [0.15, 0.2) is 0 Å². The second-order valence-corrected chi connectivity index (χ2v) is 4.92. The van der Waals surface area contributed by atoms with Crippen LogP contribution < -0.4 is 10.1 Å². The average molecular weight is 293 g/mol. The number of carbonyl (C=O) groups is 1. The van der Waals surface area contributed by atoms with Crippen LogP contribution in [0.5, 0.6) is 5.75 Å². The molecule has 0 saturated heterocycles. The highest BCUT2D eigenvalue weighted by molar-refractivity contribution is 5.78. The Balaban J connectivity index is 2.12. The van der Waals surface area contributed by atoms with Gasteiger partial charge in [0.2, 0.25) is 5.91 Å². The molecule has 0 aliphatic rings. The van der Waals surface area contributed by atoms with E-state index in [-0.39, 0.29) is 5.91 Å². The van der Waals surface area contributed by atoms with Crippen molar-refractivity contribution in [3.8, 4) is 5.75 Å². The predicted octanol–water partition coefficient (Wildman–Crippen LogP) is 2.95. The molecule has 4 heteroatoms. The number of amides is 1. The van der Waals surface area contributed by atoms with E-state index in [1.54, 1.807) is 0 Å². The lowest BCUT2D eigenvalue weighted by molar-refractivity contribution is -0.120. The summed E-state index contributed by atoms with van der Waals surface area (Å²) in [7, 11) is 0. The number of rotatable bonds is 11. The van der Waals surface area contributed by atoms with E-state index in [0.717, 1.165) is 37.2 Å². The third-order valence-electron chi connectivity index (χ3n) is 3.03. The van der Waals surface area contributed by atoms with Gasteiger partial charge in [-0.05, 0) is 37.5 Å². The first-order valence-electron chi connectivity index (χ1n) is 7.82. The quantitative estimate of drug-likeness (QED) is 0.638. The van der Waals surface area contributed by atoms with Crippen LogP contribution in [0.15, 0.2) is 24.3 Å². The number of ether oxygens (including phenoxy) is 2. The van der Waals surface area contributed by atoms with Crippen molar-refractivity contribution in [2.24, 2.45) is 0 Å². The van der Waals surface area contributed by atoms with Crippen LogP contribution in [0.25, 0.3) is 0 Å². The number of benzene rings is 1. The Hall–Kier alpha value is -1.55. The summed E-state index contributed by atoms with van der Waals surface area (Å²) in [6.45, 7) is 6.94. The van der Waals surface area contributed by atoms with Gasteiger partial charge in [0.1, 0.15) is 5.75 Å². The number of carbonyl (C=O) groups excluding carboxylic acids is 1. The van der Waals surface area contributed by atoms with Gasteiger partial charge in [-0.3, -0.25) is 4.79 Å². The van der Waals surface area contributed by atoms with Crippen LogP contribution in [-0.2, 0) is 16.0 Å². The molecule has 0 aromatic heterocycles. The minimum absolute atomic E-state index is 0.0488. The maximum absolute atomic E-state index is 11.8. The van der Waals surface area contributed by atoms with Crippen LogP contribution >= 0.6 is 0 Å². The molecule has 0 atom stereocenters. The summed E-state index contributed by atoms with van der Waals surface area (Å²) >= 11 is 0. The summed E-state index contributed by atoms with van der Waals surface area (Å²) in [5.74, 6) is 0.888. The van der Waals surface area contributed by atoms with Crippen molar-refractivity contribution >= 4 is 5.91 Å². The van der Waals surface area contributed by atoms with Crippen molar-refractivity contribution in [2.45, 2.75) is 39.5 Å². The fourth-order valence-corrected chi connectivity index (χ4v) is 1.87. The molecule has 0 aliphatic carbocycles. The maximum atomic E-state index is 11.8. The molecule has 0 saturated carbocycles. The molecule has 1 N–H and O–H groups in total. The van der Waals surface area contributed by atoms with E-state index in [1.165, 1.54) is 0 Å². The molecular weight excluding hydrogens is 266 g/mol. The van der Waals surface area contributed by atoms with Crippen molar-refractivity contribution in [3.05, 3.63) is 29.8 Å². The fourth-order valence-electron chi connectivity index (χ4n) is 1.87. The monoisotopic (exact) mass is 293 g/mol. The zero-order valence-corrected chi connectivity index (χ0v) is 13.2. The third kappa shape index (κ3) is 8.35. The summed E-state index contributed by atoms with van der Waals surface area (Å²) in [4.78, 5) is 11.8. The molecule has 0 heterocycles. The molecule has 4 nitrogen and oxygen atoms in total.